The van der Waals surface area contributed by atoms with Crippen molar-refractivity contribution >= 4 is 26.0 Å². The summed E-state index contributed by atoms with van der Waals surface area (Å²) in [5, 5.41) is 0. The van der Waals surface area contributed by atoms with Gasteiger partial charge in [-0.05, 0) is 29.8 Å². The third-order valence-electron chi connectivity index (χ3n) is 4.79. The highest BCUT2D eigenvalue weighted by atomic mass is 32.3. The number of rotatable bonds is 8. The second-order valence-corrected chi connectivity index (χ2v) is 11.0. The number of halogens is 1. The van der Waals surface area contributed by atoms with Crippen molar-refractivity contribution in [1.29, 1.82) is 0 Å². The van der Waals surface area contributed by atoms with Gasteiger partial charge in [0.15, 0.2) is 0 Å². The fraction of sp³-hybridized carbons (Fsp3) is 0.136. The minimum Gasteiger partial charge on any atom is -0.303 e. The minimum absolute atomic E-state index is 0.0890. The summed E-state index contributed by atoms with van der Waals surface area (Å²) in [5.74, 6) is -1.77. The van der Waals surface area contributed by atoms with Crippen LogP contribution in [0.15, 0.2) is 101 Å². The molecular formula is C22H19FO5S2. The van der Waals surface area contributed by atoms with Gasteiger partial charge in [-0.25, -0.2) is 21.2 Å². The van der Waals surface area contributed by atoms with Gasteiger partial charge in [0.25, 0.3) is 0 Å². The van der Waals surface area contributed by atoms with Crippen molar-refractivity contribution in [1.82, 2.24) is 0 Å². The van der Waals surface area contributed by atoms with Crippen molar-refractivity contribution in [2.24, 2.45) is 0 Å². The first-order chi connectivity index (χ1) is 14.3. The molecule has 5 nitrogen and oxygen atoms in total. The zero-order chi connectivity index (χ0) is 21.8. The van der Waals surface area contributed by atoms with E-state index in [-0.39, 0.29) is 5.56 Å². The lowest BCUT2D eigenvalue weighted by molar-refractivity contribution is -0.108. The number of hydrogen-bond acceptors (Lipinski definition) is 5. The van der Waals surface area contributed by atoms with Gasteiger partial charge in [0.2, 0.25) is 19.7 Å². The summed E-state index contributed by atoms with van der Waals surface area (Å²) in [6, 6.07) is 20.6. The van der Waals surface area contributed by atoms with Gasteiger partial charge in [0, 0.05) is 6.42 Å². The van der Waals surface area contributed by atoms with Crippen LogP contribution in [-0.2, 0) is 24.5 Å². The molecule has 0 aliphatic carbocycles. The average molecular weight is 447 g/mol. The van der Waals surface area contributed by atoms with E-state index in [4.69, 9.17) is 0 Å². The van der Waals surface area contributed by atoms with Gasteiger partial charge in [0.05, 0.1) is 15.7 Å². The summed E-state index contributed by atoms with van der Waals surface area (Å²) in [6.45, 7) is 0. The van der Waals surface area contributed by atoms with Crippen LogP contribution in [-0.4, -0.2) is 27.5 Å². The molecule has 0 fully saturated rings. The Labute approximate surface area is 175 Å². The van der Waals surface area contributed by atoms with Crippen LogP contribution in [0.2, 0.25) is 0 Å². The maximum Gasteiger partial charge on any atom is 0.324 e. The SMILES string of the molecule is O=CC[C@@H](c1ccccc1)C(F)(S(=O)(=O)c1ccccc1)S(=O)(=O)c1ccccc1. The van der Waals surface area contributed by atoms with Crippen molar-refractivity contribution < 1.29 is 26.0 Å². The number of carbonyl (C=O) groups is 1. The molecule has 30 heavy (non-hydrogen) atoms. The molecule has 8 heteroatoms. The highest BCUT2D eigenvalue weighted by molar-refractivity contribution is 8.10. The van der Waals surface area contributed by atoms with Crippen LogP contribution in [0.25, 0.3) is 0 Å². The number of hydrogen-bond donors (Lipinski definition) is 0. The molecule has 0 saturated carbocycles. The smallest absolute Gasteiger partial charge is 0.303 e. The Morgan fingerprint density at radius 1 is 0.700 bits per heavy atom. The number of benzene rings is 3. The van der Waals surface area contributed by atoms with Crippen LogP contribution in [0, 0.1) is 0 Å². The fourth-order valence-corrected chi connectivity index (χ4v) is 7.92. The Hall–Kier alpha value is -2.84. The molecule has 156 valence electrons. The van der Waals surface area contributed by atoms with E-state index in [0.717, 1.165) is 24.3 Å². The highest BCUT2D eigenvalue weighted by Crippen LogP contribution is 2.48. The summed E-state index contributed by atoms with van der Waals surface area (Å²) in [4.78, 5) is 10.4. The molecule has 0 saturated heterocycles. The van der Waals surface area contributed by atoms with E-state index in [1.807, 2.05) is 0 Å². The Morgan fingerprint density at radius 3 is 1.43 bits per heavy atom. The van der Waals surface area contributed by atoms with Crippen molar-refractivity contribution in [3.05, 3.63) is 96.6 Å². The molecule has 1 atom stereocenters. The highest BCUT2D eigenvalue weighted by Gasteiger charge is 2.62. The number of aldehydes is 1. The first-order valence-electron chi connectivity index (χ1n) is 9.03. The second-order valence-electron chi connectivity index (χ2n) is 6.58. The van der Waals surface area contributed by atoms with E-state index in [1.54, 1.807) is 6.07 Å². The largest absolute Gasteiger partial charge is 0.324 e. The maximum atomic E-state index is 16.9. The van der Waals surface area contributed by atoms with Gasteiger partial charge in [-0.2, -0.15) is 0 Å². The summed E-state index contributed by atoms with van der Waals surface area (Å²) in [6.07, 6.45) is -0.314. The summed E-state index contributed by atoms with van der Waals surface area (Å²) in [7, 11) is -10.2. The van der Waals surface area contributed by atoms with E-state index in [0.29, 0.717) is 6.29 Å². The normalized spacial score (nSPS) is 13.5. The molecule has 0 aliphatic heterocycles. The molecule has 3 rings (SSSR count). The Bertz CT molecular complexity index is 1140. The van der Waals surface area contributed by atoms with Crippen LogP contribution in [0.3, 0.4) is 0 Å². The third-order valence-corrected chi connectivity index (χ3v) is 9.93. The van der Waals surface area contributed by atoms with Gasteiger partial charge in [-0.1, -0.05) is 66.7 Å². The van der Waals surface area contributed by atoms with E-state index >= 15 is 4.39 Å². The summed E-state index contributed by atoms with van der Waals surface area (Å²) < 4.78 is 67.1. The molecular weight excluding hydrogens is 427 g/mol. The predicted octanol–water partition coefficient (Wildman–Crippen LogP) is 3.93. The number of carbonyl (C=O) groups excluding carboxylic acids is 1. The molecule has 0 aliphatic rings. The molecule has 3 aromatic rings. The van der Waals surface area contributed by atoms with Crippen molar-refractivity contribution in [3.8, 4) is 0 Å². The molecule has 0 N–H and O–H groups in total. The molecule has 0 aromatic heterocycles. The summed E-state index contributed by atoms with van der Waals surface area (Å²) >= 11 is 0. The van der Waals surface area contributed by atoms with Crippen molar-refractivity contribution in [2.45, 2.75) is 26.5 Å². The van der Waals surface area contributed by atoms with Gasteiger partial charge < -0.3 is 4.79 Å². The van der Waals surface area contributed by atoms with Crippen molar-refractivity contribution in [2.75, 3.05) is 0 Å². The van der Waals surface area contributed by atoms with Crippen LogP contribution in [0.4, 0.5) is 4.39 Å². The zero-order valence-corrected chi connectivity index (χ0v) is 17.4. The van der Waals surface area contributed by atoms with Gasteiger partial charge in [0.1, 0.15) is 6.29 Å². The zero-order valence-electron chi connectivity index (χ0n) is 15.8. The van der Waals surface area contributed by atoms with Crippen LogP contribution >= 0.6 is 0 Å². The first kappa shape index (κ1) is 21.9. The number of alkyl halides is 1. The van der Waals surface area contributed by atoms with Crippen molar-refractivity contribution in [3.63, 3.8) is 0 Å². The van der Waals surface area contributed by atoms with E-state index in [1.165, 1.54) is 60.7 Å². The molecule has 0 heterocycles. The van der Waals surface area contributed by atoms with Crippen LogP contribution in [0.5, 0.6) is 0 Å². The monoisotopic (exact) mass is 446 g/mol. The lowest BCUT2D eigenvalue weighted by Crippen LogP contribution is -2.47. The molecule has 0 amide bonds. The molecule has 3 aromatic carbocycles. The van der Waals surface area contributed by atoms with E-state index < -0.39 is 46.1 Å². The van der Waals surface area contributed by atoms with Crippen LogP contribution < -0.4 is 0 Å². The fourth-order valence-electron chi connectivity index (χ4n) is 3.30. The van der Waals surface area contributed by atoms with Gasteiger partial charge in [-0.15, -0.1) is 0 Å². The molecule has 0 unspecified atom stereocenters. The Balaban J connectivity index is 2.38. The Kier molecular flexibility index (Phi) is 6.19. The van der Waals surface area contributed by atoms with E-state index in [9.17, 15) is 21.6 Å². The lowest BCUT2D eigenvalue weighted by Gasteiger charge is -2.32. The molecule has 0 radical (unpaired) electrons. The molecule has 0 spiro atoms. The van der Waals surface area contributed by atoms with Gasteiger partial charge >= 0.3 is 4.33 Å². The predicted molar refractivity (Wildman–Crippen MR) is 111 cm³/mol. The standard InChI is InChI=1S/C22H19FO5S2/c23-22(29(25,26)19-12-6-2-7-13-19,30(27,28)20-14-8-3-9-15-20)21(16-17-24)18-10-4-1-5-11-18/h1-15,17,21H,16H2/t21-/m0/s1. The van der Waals surface area contributed by atoms with E-state index in [2.05, 4.69) is 0 Å². The van der Waals surface area contributed by atoms with Gasteiger partial charge in [-0.3, -0.25) is 0 Å². The summed E-state index contributed by atoms with van der Waals surface area (Å²) in [5.41, 5.74) is 0.0890. The topological polar surface area (TPSA) is 85.3 Å². The second kappa shape index (κ2) is 8.49. The van der Waals surface area contributed by atoms with Crippen LogP contribution in [0.1, 0.15) is 17.9 Å². The quantitative estimate of drug-likeness (QED) is 0.490. The number of sulfone groups is 2. The first-order valence-corrected chi connectivity index (χ1v) is 12.0. The average Bonchev–Trinajstić information content (AvgIpc) is 2.78. The Morgan fingerprint density at radius 2 is 1.07 bits per heavy atom. The minimum atomic E-state index is -5.09. The third kappa shape index (κ3) is 3.57. The molecule has 0 bridgehead atoms. The maximum absolute atomic E-state index is 16.9. The lowest BCUT2D eigenvalue weighted by atomic mass is 9.97.